The lowest BCUT2D eigenvalue weighted by molar-refractivity contribution is -0.117. The quantitative estimate of drug-likeness (QED) is 0.873. The number of ether oxygens (including phenoxy) is 1. The summed E-state index contributed by atoms with van der Waals surface area (Å²) in [6.45, 7) is 0.347. The fraction of sp³-hybridized carbons (Fsp3) is 0.158. The van der Waals surface area contributed by atoms with Crippen molar-refractivity contribution in [2.75, 3.05) is 13.7 Å². The zero-order valence-corrected chi connectivity index (χ0v) is 14.9. The molecule has 1 N–H and O–H groups in total. The maximum atomic E-state index is 12.5. The van der Waals surface area contributed by atoms with Gasteiger partial charge in [0.05, 0.1) is 17.8 Å². The molecule has 2 aromatic carbocycles. The summed E-state index contributed by atoms with van der Waals surface area (Å²) in [6.07, 6.45) is -0.472. The first-order valence-corrected chi connectivity index (χ1v) is 8.52. The van der Waals surface area contributed by atoms with Gasteiger partial charge in [0, 0.05) is 33.9 Å². The van der Waals surface area contributed by atoms with Crippen molar-refractivity contribution in [3.05, 3.63) is 74.8 Å². The molecule has 1 amide bonds. The first kappa shape index (κ1) is 16.3. The van der Waals surface area contributed by atoms with Crippen molar-refractivity contribution >= 4 is 40.4 Å². The van der Waals surface area contributed by atoms with Crippen LogP contribution in [0.2, 0.25) is 10.0 Å². The lowest BCUT2D eigenvalue weighted by Crippen LogP contribution is -2.31. The van der Waals surface area contributed by atoms with E-state index in [0.29, 0.717) is 22.2 Å². The summed E-state index contributed by atoms with van der Waals surface area (Å²) in [5.74, 6) is -0.166. The van der Waals surface area contributed by atoms with Crippen molar-refractivity contribution in [2.45, 2.75) is 6.23 Å². The average molecular weight is 373 g/mol. The second kappa shape index (κ2) is 6.30. The van der Waals surface area contributed by atoms with Crippen LogP contribution in [0.1, 0.15) is 16.7 Å². The Morgan fingerprint density at radius 1 is 1.12 bits per heavy atom. The third kappa shape index (κ3) is 2.67. The second-order valence-electron chi connectivity index (χ2n) is 5.82. The molecule has 0 bridgehead atoms. The summed E-state index contributed by atoms with van der Waals surface area (Å²) >= 11 is 12.6. The van der Waals surface area contributed by atoms with Crippen molar-refractivity contribution in [3.63, 3.8) is 0 Å². The van der Waals surface area contributed by atoms with Crippen LogP contribution in [0.15, 0.2) is 53.0 Å². The molecule has 2 aliphatic rings. The smallest absolute Gasteiger partial charge is 0.254 e. The molecule has 1 atom stereocenters. The SMILES string of the molecule is COC1NC(=O)C2=C1CN=C(c1ccccc1Cl)c1cc(Cl)ccc12. The number of nitrogens with zero attached hydrogens (tertiary/aromatic N) is 1. The lowest BCUT2D eigenvalue weighted by atomic mass is 9.92. The van der Waals surface area contributed by atoms with Crippen LogP contribution in [-0.2, 0) is 9.53 Å². The summed E-state index contributed by atoms with van der Waals surface area (Å²) in [5.41, 5.74) is 4.52. The maximum Gasteiger partial charge on any atom is 0.254 e. The molecule has 1 unspecified atom stereocenters. The standard InChI is InChI=1S/C19H14Cl2N2O2/c1-25-19-14-9-22-17(12-4-2-3-5-15(12)21)13-8-10(20)6-7-11(13)16(14)18(24)23-19/h2-8,19H,9H2,1H3,(H,23,24). The van der Waals surface area contributed by atoms with Crippen LogP contribution in [0.5, 0.6) is 0 Å². The molecule has 0 saturated heterocycles. The summed E-state index contributed by atoms with van der Waals surface area (Å²) < 4.78 is 5.40. The summed E-state index contributed by atoms with van der Waals surface area (Å²) in [4.78, 5) is 17.3. The first-order chi connectivity index (χ1) is 12.1. The van der Waals surface area contributed by atoms with Crippen LogP contribution in [0.3, 0.4) is 0 Å². The first-order valence-electron chi connectivity index (χ1n) is 7.76. The van der Waals surface area contributed by atoms with E-state index in [4.69, 9.17) is 32.9 Å². The molecule has 0 spiro atoms. The van der Waals surface area contributed by atoms with Gasteiger partial charge in [-0.25, -0.2) is 0 Å². The van der Waals surface area contributed by atoms with Crippen molar-refractivity contribution in [1.29, 1.82) is 0 Å². The van der Waals surface area contributed by atoms with E-state index in [9.17, 15) is 4.79 Å². The maximum absolute atomic E-state index is 12.5. The largest absolute Gasteiger partial charge is 0.358 e. The lowest BCUT2D eigenvalue weighted by Gasteiger charge is -2.14. The molecular formula is C19H14Cl2N2O2. The highest BCUT2D eigenvalue weighted by Crippen LogP contribution is 2.35. The Balaban J connectivity index is 1.98. The number of benzene rings is 2. The van der Waals surface area contributed by atoms with Gasteiger partial charge in [-0.05, 0) is 23.8 Å². The number of fused-ring (bicyclic) bond motifs is 2. The molecule has 0 aliphatic carbocycles. The van der Waals surface area contributed by atoms with Crippen LogP contribution in [0.4, 0.5) is 0 Å². The minimum absolute atomic E-state index is 0.166. The minimum Gasteiger partial charge on any atom is -0.358 e. The van der Waals surface area contributed by atoms with Gasteiger partial charge in [-0.1, -0.05) is 47.5 Å². The van der Waals surface area contributed by atoms with E-state index >= 15 is 0 Å². The van der Waals surface area contributed by atoms with Gasteiger partial charge in [-0.2, -0.15) is 0 Å². The fourth-order valence-corrected chi connectivity index (χ4v) is 3.67. The number of rotatable bonds is 2. The van der Waals surface area contributed by atoms with Gasteiger partial charge in [0.15, 0.2) is 6.23 Å². The normalized spacial score (nSPS) is 19.1. The van der Waals surface area contributed by atoms with Gasteiger partial charge in [-0.3, -0.25) is 9.79 Å². The second-order valence-corrected chi connectivity index (χ2v) is 6.67. The van der Waals surface area contributed by atoms with Gasteiger partial charge in [0.25, 0.3) is 5.91 Å². The van der Waals surface area contributed by atoms with Crippen molar-refractivity contribution in [2.24, 2.45) is 4.99 Å². The molecule has 4 nitrogen and oxygen atoms in total. The Hall–Kier alpha value is -2.14. The van der Waals surface area contributed by atoms with Gasteiger partial charge >= 0.3 is 0 Å². The summed E-state index contributed by atoms with van der Waals surface area (Å²) in [7, 11) is 1.56. The number of amides is 1. The van der Waals surface area contributed by atoms with E-state index in [2.05, 4.69) is 5.32 Å². The Labute approximate surface area is 155 Å². The Morgan fingerprint density at radius 2 is 1.92 bits per heavy atom. The molecule has 6 heteroatoms. The molecule has 2 aliphatic heterocycles. The van der Waals surface area contributed by atoms with Crippen molar-refractivity contribution < 1.29 is 9.53 Å². The number of nitrogens with one attached hydrogen (secondary N) is 1. The topological polar surface area (TPSA) is 50.7 Å². The monoisotopic (exact) mass is 372 g/mol. The fourth-order valence-electron chi connectivity index (χ4n) is 3.28. The minimum atomic E-state index is -0.472. The molecule has 0 saturated carbocycles. The highest BCUT2D eigenvalue weighted by molar-refractivity contribution is 6.37. The van der Waals surface area contributed by atoms with E-state index in [-0.39, 0.29) is 5.91 Å². The van der Waals surface area contributed by atoms with Crippen LogP contribution in [-0.4, -0.2) is 31.5 Å². The van der Waals surface area contributed by atoms with Gasteiger partial charge in [0.1, 0.15) is 0 Å². The molecular weight excluding hydrogens is 359 g/mol. The molecule has 4 rings (SSSR count). The summed E-state index contributed by atoms with van der Waals surface area (Å²) in [5, 5.41) is 4.00. The molecule has 0 radical (unpaired) electrons. The predicted octanol–water partition coefficient (Wildman–Crippen LogP) is 3.70. The highest BCUT2D eigenvalue weighted by atomic mass is 35.5. The van der Waals surface area contributed by atoms with Crippen LogP contribution in [0, 0.1) is 0 Å². The van der Waals surface area contributed by atoms with Crippen LogP contribution < -0.4 is 5.32 Å². The Kier molecular flexibility index (Phi) is 4.12. The number of halogens is 2. The molecule has 2 heterocycles. The number of hydrogen-bond acceptors (Lipinski definition) is 3. The van der Waals surface area contributed by atoms with E-state index < -0.39 is 6.23 Å². The molecule has 126 valence electrons. The molecule has 2 aromatic rings. The van der Waals surface area contributed by atoms with E-state index in [0.717, 1.165) is 28.0 Å². The molecule has 25 heavy (non-hydrogen) atoms. The molecule has 0 aromatic heterocycles. The number of aliphatic imine (C=N–C) groups is 1. The number of carbonyl (C=O) groups is 1. The predicted molar refractivity (Wildman–Crippen MR) is 99.3 cm³/mol. The van der Waals surface area contributed by atoms with Crippen LogP contribution >= 0.6 is 23.2 Å². The van der Waals surface area contributed by atoms with Crippen molar-refractivity contribution in [1.82, 2.24) is 5.32 Å². The Morgan fingerprint density at radius 3 is 2.68 bits per heavy atom. The summed E-state index contributed by atoms with van der Waals surface area (Å²) in [6, 6.07) is 13.0. The van der Waals surface area contributed by atoms with Gasteiger partial charge < -0.3 is 10.1 Å². The van der Waals surface area contributed by atoms with E-state index in [1.165, 1.54) is 0 Å². The zero-order chi connectivity index (χ0) is 17.6. The third-order valence-electron chi connectivity index (χ3n) is 4.41. The third-order valence-corrected chi connectivity index (χ3v) is 4.97. The van der Waals surface area contributed by atoms with Gasteiger partial charge in [0.2, 0.25) is 0 Å². The number of hydrogen-bond donors (Lipinski definition) is 1. The zero-order valence-electron chi connectivity index (χ0n) is 13.3. The average Bonchev–Trinajstić information content (AvgIpc) is 2.82. The van der Waals surface area contributed by atoms with Gasteiger partial charge in [-0.15, -0.1) is 0 Å². The Bertz CT molecular complexity index is 950. The molecule has 0 fully saturated rings. The number of carbonyl (C=O) groups excluding carboxylic acids is 1. The van der Waals surface area contributed by atoms with Crippen molar-refractivity contribution in [3.8, 4) is 0 Å². The van der Waals surface area contributed by atoms with E-state index in [1.54, 1.807) is 13.2 Å². The van der Waals surface area contributed by atoms with Crippen LogP contribution in [0.25, 0.3) is 5.57 Å². The number of methoxy groups -OCH3 is 1. The van der Waals surface area contributed by atoms with E-state index in [1.807, 2.05) is 36.4 Å². The highest BCUT2D eigenvalue weighted by Gasteiger charge is 2.35.